The summed E-state index contributed by atoms with van der Waals surface area (Å²) in [6, 6.07) is 20.8. The largest absolute Gasteiger partial charge is 0.456 e. The summed E-state index contributed by atoms with van der Waals surface area (Å²) in [5.74, 6) is -5.17. The van der Waals surface area contributed by atoms with Crippen molar-refractivity contribution in [3.05, 3.63) is 118 Å². The Morgan fingerprint density at radius 3 is 2.02 bits per heavy atom. The van der Waals surface area contributed by atoms with E-state index in [4.69, 9.17) is 25.8 Å². The minimum absolute atomic E-state index is 0. The summed E-state index contributed by atoms with van der Waals surface area (Å²) < 4.78 is 17.9. The number of ketones is 1. The normalized spacial score (nSPS) is 32.7. The van der Waals surface area contributed by atoms with Gasteiger partial charge in [0.05, 0.1) is 35.8 Å². The minimum atomic E-state index is -2.32. The van der Waals surface area contributed by atoms with E-state index in [1.165, 1.54) is 50.2 Å². The third kappa shape index (κ3) is 8.24. The van der Waals surface area contributed by atoms with Gasteiger partial charge >= 0.3 is 11.9 Å². The number of ether oxygens (including phenoxy) is 3. The van der Waals surface area contributed by atoms with E-state index in [-0.39, 0.29) is 123 Å². The third-order valence-electron chi connectivity index (χ3n) is 13.0. The van der Waals surface area contributed by atoms with Gasteiger partial charge in [-0.05, 0) is 67.0 Å². The van der Waals surface area contributed by atoms with Crippen LogP contribution in [-0.4, -0.2) is 104 Å². The number of hydrogen-bond acceptors (Lipinski definition) is 12. The molecule has 3 aliphatic carbocycles. The molecule has 3 aromatic carbocycles. The van der Waals surface area contributed by atoms with Gasteiger partial charge < -0.3 is 45.1 Å². The van der Waals surface area contributed by atoms with Crippen LogP contribution in [0.5, 0.6) is 0 Å². The molecule has 9 unspecified atom stereocenters. The van der Waals surface area contributed by atoms with Crippen molar-refractivity contribution < 1.29 is 147 Å². The molecule has 1 aliphatic heterocycles. The first kappa shape index (κ1) is 48.4. The van der Waals surface area contributed by atoms with E-state index in [0.29, 0.717) is 10.6 Å². The molecule has 13 nitrogen and oxygen atoms in total. The monoisotopic (exact) mass is 1260 g/mol. The summed E-state index contributed by atoms with van der Waals surface area (Å²) in [5, 5.41) is 64.0. The molecule has 16 heteroatoms. The summed E-state index contributed by atoms with van der Waals surface area (Å²) in [7, 11) is 0. The first-order chi connectivity index (χ1) is 26.9. The fourth-order valence-corrected chi connectivity index (χ4v) is 9.68. The Bertz CT molecular complexity index is 2110. The minimum Gasteiger partial charge on any atom is -0.456 e. The molecule has 2 saturated carbocycles. The van der Waals surface area contributed by atoms with Gasteiger partial charge in [-0.2, -0.15) is 0 Å². The van der Waals surface area contributed by atoms with E-state index in [2.05, 4.69) is 5.32 Å². The standard InChI is InChI=1S/C43H46ClNO12.2Ac/c1-22-27(56-39(52)33(48)31(23-15-17-26(44)18-16-23)45-37(50)24-11-7-5-8-12-24)20-43(54)36(57-38(51)25-13-9-6-10-14-25)34-41(4,28(46)19-29-42(34,53)21-55-29)35(49)32(47)30(22)40(43,2)3;;/h5-18,27-29,31-34,36,46-48,53-54H,19-21H2,1-4H3,(H,45,50);;/t27?,28?,29?,31-,32?,33?,34?,36?,41+,42?,43?;;/m0../s1. The van der Waals surface area contributed by atoms with Crippen molar-refractivity contribution in [2.45, 2.75) is 94.4 Å². The molecule has 11 atom stereocenters. The topological polar surface area (TPSA) is 209 Å². The maximum atomic E-state index is 14.7. The van der Waals surface area contributed by atoms with Crippen molar-refractivity contribution in [2.24, 2.45) is 16.7 Å². The van der Waals surface area contributed by atoms with E-state index in [0.717, 1.165) is 0 Å². The number of hydrogen-bond donors (Lipinski definition) is 6. The van der Waals surface area contributed by atoms with E-state index in [9.17, 15) is 44.7 Å². The molecular formula is C43H46Ac2ClNO12. The maximum absolute atomic E-state index is 14.7. The maximum Gasteiger partial charge on any atom is 0.338 e. The number of halogens is 1. The van der Waals surface area contributed by atoms with Crippen molar-refractivity contribution >= 4 is 35.2 Å². The van der Waals surface area contributed by atoms with Crippen LogP contribution < -0.4 is 5.32 Å². The fourth-order valence-electron chi connectivity index (χ4n) is 9.55. The average molecular weight is 1260 g/mol. The van der Waals surface area contributed by atoms with Crippen molar-refractivity contribution in [1.82, 2.24) is 5.32 Å². The predicted molar refractivity (Wildman–Crippen MR) is 204 cm³/mol. The number of nitrogens with one attached hydrogen (secondary N) is 1. The molecule has 6 N–H and O–H groups in total. The summed E-state index contributed by atoms with van der Waals surface area (Å²) in [6.07, 6.45) is -10.4. The van der Waals surface area contributed by atoms with Crippen LogP contribution in [-0.2, 0) is 23.8 Å². The molecule has 59 heavy (non-hydrogen) atoms. The number of rotatable bonds is 8. The number of Topliss-reactive ketones (excluding diaryl/α,β-unsaturated/α-hetero) is 1. The Morgan fingerprint density at radius 1 is 0.881 bits per heavy atom. The second kappa shape index (κ2) is 18.3. The van der Waals surface area contributed by atoms with Crippen molar-refractivity contribution in [1.29, 1.82) is 0 Å². The number of esters is 2. The van der Waals surface area contributed by atoms with Gasteiger partial charge in [-0.25, -0.2) is 9.59 Å². The Kier molecular flexibility index (Phi) is 15.0. The van der Waals surface area contributed by atoms with Gasteiger partial charge in [0.15, 0.2) is 11.9 Å². The molecule has 1 heterocycles. The Morgan fingerprint density at radius 2 is 1.46 bits per heavy atom. The zero-order chi connectivity index (χ0) is 41.2. The van der Waals surface area contributed by atoms with Gasteiger partial charge in [-0.1, -0.05) is 74.0 Å². The van der Waals surface area contributed by atoms with Crippen LogP contribution >= 0.6 is 11.6 Å². The number of amides is 1. The molecule has 1 saturated heterocycles. The number of carbonyl (C=O) groups excluding carboxylic acids is 4. The number of aliphatic hydroxyl groups is 5. The van der Waals surface area contributed by atoms with Crippen LogP contribution in [0.3, 0.4) is 0 Å². The Hall–Kier alpha value is -1.59. The SMILES string of the molecule is CC1=C2C(O)C(=O)[C@]3(C)C(O)CC4OCC4(O)C3C(OC(=O)c3ccccc3)C(O)(CC1OC(=O)C(O)[C@@H](NC(=O)c1ccccc1)c1ccc(Cl)cc1)C2(C)C.[Ac].[Ac]. The third-order valence-corrected chi connectivity index (χ3v) is 13.2. The van der Waals surface area contributed by atoms with Crippen LogP contribution in [0.1, 0.15) is 72.9 Å². The van der Waals surface area contributed by atoms with E-state index in [1.54, 1.807) is 62.4 Å². The second-order valence-electron chi connectivity index (χ2n) is 16.4. The first-order valence-electron chi connectivity index (χ1n) is 18.8. The fraction of sp³-hybridized carbons (Fsp3) is 0.442. The average Bonchev–Trinajstić information content (AvgIpc) is 3.19. The summed E-state index contributed by atoms with van der Waals surface area (Å²) >= 11 is 6.12. The van der Waals surface area contributed by atoms with Crippen LogP contribution in [0.2, 0.25) is 5.02 Å². The van der Waals surface area contributed by atoms with Crippen LogP contribution in [0, 0.1) is 105 Å². The van der Waals surface area contributed by atoms with Gasteiger partial charge in [0.25, 0.3) is 5.91 Å². The molecule has 2 bridgehead atoms. The molecule has 308 valence electrons. The Balaban J connectivity index is 0.00000331. The number of aliphatic hydroxyl groups excluding tert-OH is 3. The molecule has 2 radical (unpaired) electrons. The molecule has 0 spiro atoms. The molecule has 7 rings (SSSR count). The first-order valence-corrected chi connectivity index (χ1v) is 19.2. The van der Waals surface area contributed by atoms with Gasteiger partial charge in [-0.15, -0.1) is 0 Å². The smallest absolute Gasteiger partial charge is 0.338 e. The summed E-state index contributed by atoms with van der Waals surface area (Å²) in [5.41, 5.74) is -7.03. The Labute approximate surface area is 418 Å². The molecule has 1 amide bonds. The zero-order valence-electron chi connectivity index (χ0n) is 32.9. The van der Waals surface area contributed by atoms with E-state index >= 15 is 0 Å². The number of carbonyl (C=O) groups is 4. The quantitative estimate of drug-likeness (QED) is 0.142. The van der Waals surface area contributed by atoms with Crippen LogP contribution in [0.25, 0.3) is 0 Å². The van der Waals surface area contributed by atoms with Crippen LogP contribution in [0.4, 0.5) is 0 Å². The van der Waals surface area contributed by atoms with Crippen molar-refractivity contribution in [3.63, 3.8) is 0 Å². The second-order valence-corrected chi connectivity index (χ2v) is 16.8. The zero-order valence-corrected chi connectivity index (χ0v) is 43.2. The van der Waals surface area contributed by atoms with Gasteiger partial charge in [0.2, 0.25) is 0 Å². The van der Waals surface area contributed by atoms with E-state index < -0.39 is 101 Å². The number of benzene rings is 3. The predicted octanol–water partition coefficient (Wildman–Crippen LogP) is 3.25. The molecule has 4 aliphatic rings. The van der Waals surface area contributed by atoms with Crippen LogP contribution in [0.15, 0.2) is 96.1 Å². The van der Waals surface area contributed by atoms with Crippen molar-refractivity contribution in [2.75, 3.05) is 6.61 Å². The van der Waals surface area contributed by atoms with Crippen molar-refractivity contribution in [3.8, 4) is 0 Å². The van der Waals surface area contributed by atoms with E-state index in [1.807, 2.05) is 0 Å². The van der Waals surface area contributed by atoms with Gasteiger partial charge in [0.1, 0.15) is 29.5 Å². The summed E-state index contributed by atoms with van der Waals surface area (Å²) in [4.78, 5) is 56.1. The molecule has 0 aromatic heterocycles. The number of fused-ring (bicyclic) bond motifs is 5. The van der Waals surface area contributed by atoms with Gasteiger partial charge in [0, 0.05) is 123 Å². The molecule has 3 aromatic rings. The molecule has 3 fully saturated rings. The molecular weight excluding hydrogens is 1210 g/mol. The summed E-state index contributed by atoms with van der Waals surface area (Å²) in [6.45, 7) is 5.67. The van der Waals surface area contributed by atoms with Gasteiger partial charge in [-0.3, -0.25) is 9.59 Å².